The highest BCUT2D eigenvalue weighted by molar-refractivity contribution is 5.93. The summed E-state index contributed by atoms with van der Waals surface area (Å²) >= 11 is 0. The van der Waals surface area contributed by atoms with Crippen molar-refractivity contribution < 1.29 is 9.90 Å². The number of allylic oxidation sites excluding steroid dienone is 1. The zero-order valence-electron chi connectivity index (χ0n) is 4.50. The van der Waals surface area contributed by atoms with Crippen molar-refractivity contribution in [3.05, 3.63) is 12.2 Å². The first-order valence-corrected chi connectivity index (χ1v) is 2.69. The van der Waals surface area contributed by atoms with Gasteiger partial charge in [-0.3, -0.25) is 4.79 Å². The molecule has 0 saturated heterocycles. The topological polar surface area (TPSA) is 37.3 Å². The Morgan fingerprint density at radius 3 is 2.88 bits per heavy atom. The highest BCUT2D eigenvalue weighted by Crippen LogP contribution is 2.05. The molecule has 0 saturated carbocycles. The molecule has 2 heteroatoms. The summed E-state index contributed by atoms with van der Waals surface area (Å²) in [6, 6.07) is 0. The maximum atomic E-state index is 10.5. The molecule has 1 atom stereocenters. The third kappa shape index (κ3) is 0.954. The molecule has 1 rings (SSSR count). The summed E-state index contributed by atoms with van der Waals surface area (Å²) in [6.07, 6.45) is 3.92. The van der Waals surface area contributed by atoms with Gasteiger partial charge >= 0.3 is 0 Å². The van der Waals surface area contributed by atoms with Gasteiger partial charge in [0.2, 0.25) is 0 Å². The predicted octanol–water partition coefficient (Wildman–Crippen LogP) is 0.266. The Balaban J connectivity index is 2.60. The van der Waals surface area contributed by atoms with Crippen LogP contribution >= 0.6 is 0 Å². The molecular weight excluding hydrogens is 104 g/mol. The van der Waals surface area contributed by atoms with E-state index in [1.54, 1.807) is 6.08 Å². The van der Waals surface area contributed by atoms with Crippen LogP contribution in [-0.4, -0.2) is 17.0 Å². The van der Waals surface area contributed by atoms with Crippen LogP contribution in [0.4, 0.5) is 0 Å². The quantitative estimate of drug-likeness (QED) is 0.488. The van der Waals surface area contributed by atoms with Crippen molar-refractivity contribution in [1.29, 1.82) is 0 Å². The van der Waals surface area contributed by atoms with E-state index in [4.69, 9.17) is 5.11 Å². The standard InChI is InChI=1S/C6H8O2/c7-5-3-1-2-4-6(5)8/h1,3,6,8H,2,4H2. The van der Waals surface area contributed by atoms with Crippen LogP contribution in [0.5, 0.6) is 0 Å². The van der Waals surface area contributed by atoms with Gasteiger partial charge in [0, 0.05) is 0 Å². The number of aliphatic hydroxyl groups is 1. The minimum atomic E-state index is -0.722. The Hall–Kier alpha value is -0.630. The van der Waals surface area contributed by atoms with Crippen LogP contribution in [0, 0.1) is 0 Å². The Kier molecular flexibility index (Phi) is 1.44. The van der Waals surface area contributed by atoms with Gasteiger partial charge in [0.25, 0.3) is 0 Å². The largest absolute Gasteiger partial charge is 0.385 e. The Labute approximate surface area is 47.8 Å². The minimum Gasteiger partial charge on any atom is -0.385 e. The summed E-state index contributed by atoms with van der Waals surface area (Å²) in [6.45, 7) is 0. The Morgan fingerprint density at radius 2 is 2.50 bits per heavy atom. The molecule has 0 aromatic carbocycles. The van der Waals surface area contributed by atoms with Crippen molar-refractivity contribution >= 4 is 5.78 Å². The van der Waals surface area contributed by atoms with Crippen LogP contribution < -0.4 is 0 Å². The van der Waals surface area contributed by atoms with Gasteiger partial charge in [-0.15, -0.1) is 0 Å². The molecule has 0 bridgehead atoms. The number of hydrogen-bond donors (Lipinski definition) is 1. The van der Waals surface area contributed by atoms with Gasteiger partial charge < -0.3 is 5.11 Å². The van der Waals surface area contributed by atoms with E-state index in [9.17, 15) is 4.79 Å². The molecule has 0 aromatic rings. The average molecular weight is 112 g/mol. The Bertz CT molecular complexity index is 126. The monoisotopic (exact) mass is 112 g/mol. The van der Waals surface area contributed by atoms with Gasteiger partial charge in [0.05, 0.1) is 0 Å². The van der Waals surface area contributed by atoms with Crippen molar-refractivity contribution in [2.45, 2.75) is 18.9 Å². The van der Waals surface area contributed by atoms with E-state index in [1.807, 2.05) is 0 Å². The van der Waals surface area contributed by atoms with E-state index in [2.05, 4.69) is 0 Å². The second kappa shape index (κ2) is 2.09. The second-order valence-electron chi connectivity index (χ2n) is 1.90. The van der Waals surface area contributed by atoms with Crippen LogP contribution in [0.2, 0.25) is 0 Å². The number of rotatable bonds is 0. The molecule has 8 heavy (non-hydrogen) atoms. The summed E-state index contributed by atoms with van der Waals surface area (Å²) < 4.78 is 0. The lowest BCUT2D eigenvalue weighted by Crippen LogP contribution is -2.19. The van der Waals surface area contributed by atoms with Crippen LogP contribution in [0.15, 0.2) is 12.2 Å². The third-order valence-corrected chi connectivity index (χ3v) is 1.22. The van der Waals surface area contributed by atoms with Crippen LogP contribution in [0.25, 0.3) is 0 Å². The minimum absolute atomic E-state index is 0.156. The van der Waals surface area contributed by atoms with Crippen molar-refractivity contribution in [2.24, 2.45) is 0 Å². The van der Waals surface area contributed by atoms with E-state index in [-0.39, 0.29) is 5.78 Å². The highest BCUT2D eigenvalue weighted by Gasteiger charge is 2.13. The molecule has 1 aliphatic carbocycles. The van der Waals surface area contributed by atoms with Gasteiger partial charge in [0.1, 0.15) is 6.10 Å². The van der Waals surface area contributed by atoms with Crippen LogP contribution in [0.1, 0.15) is 12.8 Å². The fraction of sp³-hybridized carbons (Fsp3) is 0.500. The fourth-order valence-electron chi connectivity index (χ4n) is 0.707. The van der Waals surface area contributed by atoms with E-state index in [0.29, 0.717) is 6.42 Å². The first-order valence-electron chi connectivity index (χ1n) is 2.69. The zero-order valence-corrected chi connectivity index (χ0v) is 4.50. The third-order valence-electron chi connectivity index (χ3n) is 1.22. The molecule has 0 aromatic heterocycles. The average Bonchev–Trinajstić information content (AvgIpc) is 1.77. The predicted molar refractivity (Wildman–Crippen MR) is 29.4 cm³/mol. The Morgan fingerprint density at radius 1 is 1.75 bits per heavy atom. The number of carbonyl (C=O) groups excluding carboxylic acids is 1. The summed E-state index contributed by atoms with van der Waals surface area (Å²) in [4.78, 5) is 10.5. The van der Waals surface area contributed by atoms with Crippen molar-refractivity contribution in [2.75, 3.05) is 0 Å². The van der Waals surface area contributed by atoms with Crippen molar-refractivity contribution in [1.82, 2.24) is 0 Å². The lowest BCUT2D eigenvalue weighted by atomic mass is 10.0. The lowest BCUT2D eigenvalue weighted by molar-refractivity contribution is -0.122. The molecule has 0 amide bonds. The summed E-state index contributed by atoms with van der Waals surface area (Å²) in [5.41, 5.74) is 0. The van der Waals surface area contributed by atoms with E-state index < -0.39 is 6.10 Å². The zero-order chi connectivity index (χ0) is 5.98. The molecule has 0 fully saturated rings. The molecule has 0 radical (unpaired) electrons. The molecule has 1 N–H and O–H groups in total. The summed E-state index contributed by atoms with van der Waals surface area (Å²) in [5, 5.41) is 8.78. The molecule has 1 unspecified atom stereocenters. The van der Waals surface area contributed by atoms with Gasteiger partial charge in [-0.2, -0.15) is 0 Å². The number of hydrogen-bond acceptors (Lipinski definition) is 2. The smallest absolute Gasteiger partial charge is 0.183 e. The summed E-state index contributed by atoms with van der Waals surface area (Å²) in [5.74, 6) is -0.156. The lowest BCUT2D eigenvalue weighted by Gasteiger charge is -2.07. The van der Waals surface area contributed by atoms with E-state index in [0.717, 1.165) is 6.42 Å². The van der Waals surface area contributed by atoms with Crippen LogP contribution in [-0.2, 0) is 4.79 Å². The molecule has 44 valence electrons. The maximum Gasteiger partial charge on any atom is 0.183 e. The first kappa shape index (κ1) is 5.51. The number of ketones is 1. The van der Waals surface area contributed by atoms with Crippen molar-refractivity contribution in [3.63, 3.8) is 0 Å². The molecule has 2 nitrogen and oxygen atoms in total. The van der Waals surface area contributed by atoms with Gasteiger partial charge in [-0.1, -0.05) is 6.08 Å². The molecule has 0 spiro atoms. The molecule has 1 aliphatic rings. The van der Waals surface area contributed by atoms with Gasteiger partial charge in [0.15, 0.2) is 5.78 Å². The summed E-state index contributed by atoms with van der Waals surface area (Å²) in [7, 11) is 0. The fourth-order valence-corrected chi connectivity index (χ4v) is 0.707. The highest BCUT2D eigenvalue weighted by atomic mass is 16.3. The molecule has 0 heterocycles. The second-order valence-corrected chi connectivity index (χ2v) is 1.90. The maximum absolute atomic E-state index is 10.5. The number of carbonyl (C=O) groups is 1. The van der Waals surface area contributed by atoms with Crippen LogP contribution in [0.3, 0.4) is 0 Å². The van der Waals surface area contributed by atoms with E-state index >= 15 is 0 Å². The van der Waals surface area contributed by atoms with Gasteiger partial charge in [-0.05, 0) is 18.9 Å². The van der Waals surface area contributed by atoms with Crippen molar-refractivity contribution in [3.8, 4) is 0 Å². The normalized spacial score (nSPS) is 28.6. The van der Waals surface area contributed by atoms with Gasteiger partial charge in [-0.25, -0.2) is 0 Å². The SMILES string of the molecule is O=C1C=CCCC1O. The molecular formula is C6H8O2. The first-order chi connectivity index (χ1) is 3.80. The number of aliphatic hydroxyl groups excluding tert-OH is 1. The molecule has 0 aliphatic heterocycles. The van der Waals surface area contributed by atoms with E-state index in [1.165, 1.54) is 6.08 Å².